The zero-order valence-corrected chi connectivity index (χ0v) is 15.7. The van der Waals surface area contributed by atoms with Crippen LogP contribution >= 0.6 is 11.6 Å². The summed E-state index contributed by atoms with van der Waals surface area (Å²) in [5, 5.41) is 0.593. The second-order valence-electron chi connectivity index (χ2n) is 7.56. The molecule has 7 heteroatoms. The van der Waals surface area contributed by atoms with Crippen molar-refractivity contribution < 1.29 is 14.2 Å². The summed E-state index contributed by atoms with van der Waals surface area (Å²) in [6, 6.07) is 8.21. The molecule has 1 unspecified atom stereocenters. The maximum Gasteiger partial charge on any atom is 0.283 e. The molecule has 1 saturated heterocycles. The van der Waals surface area contributed by atoms with E-state index in [2.05, 4.69) is 18.0 Å². The second-order valence-corrected chi connectivity index (χ2v) is 7.99. The molecule has 3 aliphatic heterocycles. The number of benzene rings is 1. The standard InChI is InChI=1S/C20H20ClN3O3/c1-19-4-5-25-10-17(19)20(11-26-18(22)24-20)15-7-12(2-3-16(15)27-19)13-6-14(21)9-23-8-13/h2-3,6-9,17H,4-5,10-11H2,1H3,(H2,22,24)/t17-,19-,20?/m0/s1. The summed E-state index contributed by atoms with van der Waals surface area (Å²) in [6.45, 7) is 3.74. The van der Waals surface area contributed by atoms with Crippen LogP contribution in [0.5, 0.6) is 5.75 Å². The Morgan fingerprint density at radius 3 is 2.89 bits per heavy atom. The minimum Gasteiger partial charge on any atom is -0.487 e. The number of rotatable bonds is 1. The Morgan fingerprint density at radius 1 is 1.22 bits per heavy atom. The van der Waals surface area contributed by atoms with E-state index in [9.17, 15) is 0 Å². The second kappa shape index (κ2) is 5.84. The summed E-state index contributed by atoms with van der Waals surface area (Å²) in [6.07, 6.45) is 4.21. The van der Waals surface area contributed by atoms with Crippen LogP contribution < -0.4 is 10.5 Å². The lowest BCUT2D eigenvalue weighted by Crippen LogP contribution is -2.59. The number of pyridine rings is 1. The molecule has 0 amide bonds. The van der Waals surface area contributed by atoms with Gasteiger partial charge in [-0.2, -0.15) is 0 Å². The Hall–Kier alpha value is -2.31. The van der Waals surface area contributed by atoms with Crippen LogP contribution in [0, 0.1) is 5.92 Å². The quantitative estimate of drug-likeness (QED) is 0.815. The Balaban J connectivity index is 1.70. The lowest BCUT2D eigenvalue weighted by atomic mass is 9.66. The topological polar surface area (TPSA) is 79.0 Å². The number of aromatic nitrogens is 1. The van der Waals surface area contributed by atoms with Crippen molar-refractivity contribution in [1.82, 2.24) is 4.98 Å². The van der Waals surface area contributed by atoms with E-state index in [1.54, 1.807) is 12.4 Å². The molecule has 1 fully saturated rings. The highest BCUT2D eigenvalue weighted by molar-refractivity contribution is 6.30. The summed E-state index contributed by atoms with van der Waals surface area (Å²) < 4.78 is 17.9. The normalized spacial score (nSPS) is 31.5. The zero-order valence-electron chi connectivity index (χ0n) is 14.9. The van der Waals surface area contributed by atoms with Crippen molar-refractivity contribution in [3.63, 3.8) is 0 Å². The molecule has 2 aromatic rings. The van der Waals surface area contributed by atoms with Crippen molar-refractivity contribution in [2.45, 2.75) is 24.5 Å². The summed E-state index contributed by atoms with van der Waals surface area (Å²) >= 11 is 6.13. The van der Waals surface area contributed by atoms with Crippen LogP contribution in [-0.4, -0.2) is 36.4 Å². The number of nitrogens with zero attached hydrogens (tertiary/aromatic N) is 2. The van der Waals surface area contributed by atoms with Gasteiger partial charge in [-0.05, 0) is 30.7 Å². The van der Waals surface area contributed by atoms with Crippen LogP contribution in [0.2, 0.25) is 5.02 Å². The number of nitrogens with two attached hydrogens (primary N) is 1. The van der Waals surface area contributed by atoms with E-state index in [1.165, 1.54) is 0 Å². The molecule has 1 aromatic heterocycles. The molecule has 0 saturated carbocycles. The van der Waals surface area contributed by atoms with Gasteiger partial charge in [-0.25, -0.2) is 4.99 Å². The molecule has 27 heavy (non-hydrogen) atoms. The van der Waals surface area contributed by atoms with Gasteiger partial charge in [-0.3, -0.25) is 4.98 Å². The molecule has 2 N–H and O–H groups in total. The van der Waals surface area contributed by atoms with E-state index in [4.69, 9.17) is 36.5 Å². The average molecular weight is 386 g/mol. The van der Waals surface area contributed by atoms with E-state index in [0.717, 1.165) is 28.9 Å². The highest BCUT2D eigenvalue weighted by Crippen LogP contribution is 2.54. The lowest BCUT2D eigenvalue weighted by Gasteiger charge is -2.52. The van der Waals surface area contributed by atoms with Crippen molar-refractivity contribution in [1.29, 1.82) is 0 Å². The van der Waals surface area contributed by atoms with Gasteiger partial charge >= 0.3 is 0 Å². The Labute approximate surface area is 162 Å². The third kappa shape index (κ3) is 2.51. The maximum atomic E-state index is 6.47. The third-order valence-corrected chi connectivity index (χ3v) is 6.12. The number of halogens is 1. The average Bonchev–Trinajstić information content (AvgIpc) is 3.04. The summed E-state index contributed by atoms with van der Waals surface area (Å²) in [5.41, 5.74) is 7.85. The van der Waals surface area contributed by atoms with Crippen LogP contribution in [0.1, 0.15) is 18.9 Å². The fourth-order valence-corrected chi connectivity index (χ4v) is 4.67. The highest BCUT2D eigenvalue weighted by atomic mass is 35.5. The first-order valence-electron chi connectivity index (χ1n) is 9.01. The molecule has 140 valence electrons. The van der Waals surface area contributed by atoms with Crippen molar-refractivity contribution in [3.8, 4) is 16.9 Å². The molecule has 3 atom stereocenters. The number of fused-ring (bicyclic) bond motifs is 4. The summed E-state index contributed by atoms with van der Waals surface area (Å²) in [5.74, 6) is 0.830. The van der Waals surface area contributed by atoms with E-state index in [1.807, 2.05) is 18.2 Å². The monoisotopic (exact) mass is 385 g/mol. The highest BCUT2D eigenvalue weighted by Gasteiger charge is 2.59. The van der Waals surface area contributed by atoms with Gasteiger partial charge in [0.15, 0.2) is 0 Å². The van der Waals surface area contributed by atoms with Crippen LogP contribution in [0.4, 0.5) is 0 Å². The molecule has 1 spiro atoms. The van der Waals surface area contributed by atoms with Gasteiger partial charge < -0.3 is 19.9 Å². The predicted octanol–water partition coefficient (Wildman–Crippen LogP) is 3.13. The SMILES string of the molecule is C[C@]12CCOC[C@@H]1C1(COC(N)=N1)c1cc(-c3cncc(Cl)c3)ccc1O2. The third-order valence-electron chi connectivity index (χ3n) is 5.92. The van der Waals surface area contributed by atoms with Crippen molar-refractivity contribution in [3.05, 3.63) is 47.2 Å². The molecule has 0 aliphatic carbocycles. The predicted molar refractivity (Wildman–Crippen MR) is 102 cm³/mol. The van der Waals surface area contributed by atoms with E-state index < -0.39 is 5.54 Å². The van der Waals surface area contributed by atoms with Crippen LogP contribution in [0.3, 0.4) is 0 Å². The molecule has 4 heterocycles. The molecule has 5 rings (SSSR count). The van der Waals surface area contributed by atoms with Crippen molar-refractivity contribution in [2.75, 3.05) is 19.8 Å². The number of amidine groups is 1. The molecule has 3 aliphatic rings. The largest absolute Gasteiger partial charge is 0.487 e. The fourth-order valence-electron chi connectivity index (χ4n) is 4.50. The van der Waals surface area contributed by atoms with Crippen LogP contribution in [0.25, 0.3) is 11.1 Å². The van der Waals surface area contributed by atoms with E-state index in [0.29, 0.717) is 24.8 Å². The maximum absolute atomic E-state index is 6.47. The van der Waals surface area contributed by atoms with Gasteiger partial charge in [0.2, 0.25) is 0 Å². The Morgan fingerprint density at radius 2 is 2.11 bits per heavy atom. The van der Waals surface area contributed by atoms with Gasteiger partial charge in [0.1, 0.15) is 23.5 Å². The number of hydrogen-bond acceptors (Lipinski definition) is 6. The molecule has 6 nitrogen and oxygen atoms in total. The van der Waals surface area contributed by atoms with Gasteiger partial charge in [-0.1, -0.05) is 17.7 Å². The molecular formula is C20H20ClN3O3. The van der Waals surface area contributed by atoms with E-state index >= 15 is 0 Å². The first-order valence-corrected chi connectivity index (χ1v) is 9.38. The Bertz CT molecular complexity index is 950. The van der Waals surface area contributed by atoms with Gasteiger partial charge in [0, 0.05) is 29.9 Å². The summed E-state index contributed by atoms with van der Waals surface area (Å²) in [4.78, 5) is 8.97. The summed E-state index contributed by atoms with van der Waals surface area (Å²) in [7, 11) is 0. The Kier molecular flexibility index (Phi) is 3.64. The number of aliphatic imine (C=N–C) groups is 1. The van der Waals surface area contributed by atoms with Crippen molar-refractivity contribution >= 4 is 17.6 Å². The van der Waals surface area contributed by atoms with Gasteiger partial charge in [0.25, 0.3) is 6.02 Å². The lowest BCUT2D eigenvalue weighted by molar-refractivity contribution is -0.129. The minimum atomic E-state index is -0.616. The fraction of sp³-hybridized carbons (Fsp3) is 0.400. The zero-order chi connectivity index (χ0) is 18.6. The molecule has 1 aromatic carbocycles. The smallest absolute Gasteiger partial charge is 0.283 e. The van der Waals surface area contributed by atoms with E-state index in [-0.39, 0.29) is 17.5 Å². The molecule has 0 bridgehead atoms. The van der Waals surface area contributed by atoms with Gasteiger partial charge in [0.05, 0.1) is 24.2 Å². The number of hydrogen-bond donors (Lipinski definition) is 1. The molecule has 0 radical (unpaired) electrons. The van der Waals surface area contributed by atoms with Crippen LogP contribution in [-0.2, 0) is 15.0 Å². The first-order chi connectivity index (χ1) is 13.0. The molecular weight excluding hydrogens is 366 g/mol. The van der Waals surface area contributed by atoms with Crippen LogP contribution in [0.15, 0.2) is 41.7 Å². The first kappa shape index (κ1) is 16.8. The number of ether oxygens (including phenoxy) is 3. The minimum absolute atomic E-state index is 0.0139. The van der Waals surface area contributed by atoms with Gasteiger partial charge in [-0.15, -0.1) is 0 Å². The van der Waals surface area contributed by atoms with Crippen molar-refractivity contribution in [2.24, 2.45) is 16.6 Å².